The number of guanidine groups is 1. The molecule has 0 bridgehead atoms. The fraction of sp³-hybridized carbons (Fsp3) is 0.455. The summed E-state index contributed by atoms with van der Waals surface area (Å²) in [4.78, 5) is 18.4. The van der Waals surface area contributed by atoms with Crippen molar-refractivity contribution in [1.82, 2.24) is 29.1 Å². The summed E-state index contributed by atoms with van der Waals surface area (Å²) < 4.78 is 6.50. The van der Waals surface area contributed by atoms with Gasteiger partial charge in [-0.05, 0) is 18.1 Å². The summed E-state index contributed by atoms with van der Waals surface area (Å²) in [6, 6.07) is 8.62. The van der Waals surface area contributed by atoms with Gasteiger partial charge in [-0.1, -0.05) is 31.2 Å². The summed E-state index contributed by atoms with van der Waals surface area (Å²) in [5, 5.41) is 4.50. The van der Waals surface area contributed by atoms with Gasteiger partial charge in [-0.15, -0.1) is 24.0 Å². The summed E-state index contributed by atoms with van der Waals surface area (Å²) >= 11 is 1.51. The second-order valence-electron chi connectivity index (χ2n) is 7.55. The number of piperazine rings is 1. The second-order valence-corrected chi connectivity index (χ2v) is 8.28. The Morgan fingerprint density at radius 2 is 1.97 bits per heavy atom. The van der Waals surface area contributed by atoms with Gasteiger partial charge in [-0.2, -0.15) is 4.37 Å². The van der Waals surface area contributed by atoms with E-state index in [0.717, 1.165) is 62.6 Å². The van der Waals surface area contributed by atoms with Crippen LogP contribution in [0.4, 0.5) is 5.13 Å². The van der Waals surface area contributed by atoms with E-state index in [1.807, 2.05) is 18.7 Å². The zero-order chi connectivity index (χ0) is 21.5. The van der Waals surface area contributed by atoms with Crippen LogP contribution in [-0.4, -0.2) is 62.5 Å². The van der Waals surface area contributed by atoms with Crippen LogP contribution in [0.1, 0.15) is 30.8 Å². The van der Waals surface area contributed by atoms with Gasteiger partial charge in [0.15, 0.2) is 5.96 Å². The lowest BCUT2D eigenvalue weighted by Gasteiger charge is -2.36. The molecular weight excluding hydrogens is 535 g/mol. The lowest BCUT2D eigenvalue weighted by atomic mass is 10.1. The standard InChI is InChI=1S/C22H30N8S.HI/c1-3-20-26-22(31-27-20)30-12-10-29(11-13-30)21(24-4-2)25-15-18-6-5-7-19(14-18)16-28-9-8-23-17-28;/h5-9,14,17H,3-4,10-13,15-16H2,1-2H3,(H,24,25);1H. The summed E-state index contributed by atoms with van der Waals surface area (Å²) in [6.07, 6.45) is 6.53. The number of aromatic nitrogens is 4. The second kappa shape index (κ2) is 12.1. The third-order valence-corrected chi connectivity index (χ3v) is 6.10. The largest absolute Gasteiger partial charge is 0.357 e. The number of aryl methyl sites for hydroxylation is 1. The Bertz CT molecular complexity index is 979. The minimum atomic E-state index is 0. The molecule has 10 heteroatoms. The first-order valence-corrected chi connectivity index (χ1v) is 11.7. The third kappa shape index (κ3) is 6.41. The summed E-state index contributed by atoms with van der Waals surface area (Å²) in [6.45, 7) is 10.3. The topological polar surface area (TPSA) is 74.5 Å². The Hall–Kier alpha value is -2.21. The van der Waals surface area contributed by atoms with Gasteiger partial charge in [0.05, 0.1) is 12.9 Å². The summed E-state index contributed by atoms with van der Waals surface area (Å²) in [5.74, 6) is 1.92. The van der Waals surface area contributed by atoms with Crippen molar-refractivity contribution in [3.63, 3.8) is 0 Å². The van der Waals surface area contributed by atoms with Gasteiger partial charge in [0, 0.05) is 69.6 Å². The van der Waals surface area contributed by atoms with E-state index in [4.69, 9.17) is 4.99 Å². The van der Waals surface area contributed by atoms with Crippen LogP contribution in [0, 0.1) is 0 Å². The minimum absolute atomic E-state index is 0. The molecule has 0 radical (unpaired) electrons. The molecule has 2 aromatic heterocycles. The van der Waals surface area contributed by atoms with Crippen LogP contribution in [0.3, 0.4) is 0 Å². The van der Waals surface area contributed by atoms with Crippen molar-refractivity contribution in [2.24, 2.45) is 4.99 Å². The molecular formula is C22H31IN8S. The highest BCUT2D eigenvalue weighted by atomic mass is 127. The highest BCUT2D eigenvalue weighted by Crippen LogP contribution is 2.19. The van der Waals surface area contributed by atoms with Crippen LogP contribution in [-0.2, 0) is 19.5 Å². The van der Waals surface area contributed by atoms with Crippen LogP contribution in [0.15, 0.2) is 48.0 Å². The summed E-state index contributed by atoms with van der Waals surface area (Å²) in [7, 11) is 0. The molecule has 172 valence electrons. The van der Waals surface area contributed by atoms with Gasteiger partial charge in [0.1, 0.15) is 5.82 Å². The molecule has 3 aromatic rings. The van der Waals surface area contributed by atoms with Crippen molar-refractivity contribution in [2.75, 3.05) is 37.6 Å². The van der Waals surface area contributed by atoms with Crippen LogP contribution in [0.25, 0.3) is 0 Å². The average Bonchev–Trinajstić information content (AvgIpc) is 3.49. The molecule has 32 heavy (non-hydrogen) atoms. The maximum atomic E-state index is 4.93. The lowest BCUT2D eigenvalue weighted by molar-refractivity contribution is 0.372. The molecule has 0 spiro atoms. The number of imidazole rings is 1. The number of hydrogen-bond donors (Lipinski definition) is 1. The average molecular weight is 567 g/mol. The number of rotatable bonds is 7. The van der Waals surface area contributed by atoms with Crippen molar-refractivity contribution >= 4 is 46.6 Å². The van der Waals surface area contributed by atoms with Crippen molar-refractivity contribution < 1.29 is 0 Å². The van der Waals surface area contributed by atoms with E-state index in [0.29, 0.717) is 6.54 Å². The molecule has 0 atom stereocenters. The molecule has 1 aliphatic heterocycles. The first kappa shape index (κ1) is 24.4. The first-order chi connectivity index (χ1) is 15.2. The predicted molar refractivity (Wildman–Crippen MR) is 141 cm³/mol. The quantitative estimate of drug-likeness (QED) is 0.269. The Morgan fingerprint density at radius 3 is 2.66 bits per heavy atom. The summed E-state index contributed by atoms with van der Waals surface area (Å²) in [5.41, 5.74) is 2.47. The smallest absolute Gasteiger partial charge is 0.205 e. The van der Waals surface area contributed by atoms with Gasteiger partial charge in [-0.3, -0.25) is 0 Å². The fourth-order valence-corrected chi connectivity index (χ4v) is 4.44. The SMILES string of the molecule is CCNC(=NCc1cccc(Cn2ccnc2)c1)N1CCN(c2nc(CC)ns2)CC1.I. The van der Waals surface area contributed by atoms with E-state index in [1.54, 1.807) is 0 Å². The van der Waals surface area contributed by atoms with E-state index in [1.165, 1.54) is 22.7 Å². The molecule has 1 aromatic carbocycles. The Balaban J connectivity index is 0.00000289. The molecule has 8 nitrogen and oxygen atoms in total. The number of anilines is 1. The molecule has 4 rings (SSSR count). The Labute approximate surface area is 211 Å². The number of nitrogens with zero attached hydrogens (tertiary/aromatic N) is 7. The van der Waals surface area contributed by atoms with Crippen LogP contribution >= 0.6 is 35.5 Å². The van der Waals surface area contributed by atoms with Crippen molar-refractivity contribution in [2.45, 2.75) is 33.4 Å². The minimum Gasteiger partial charge on any atom is -0.357 e. The number of nitrogens with one attached hydrogen (secondary N) is 1. The monoisotopic (exact) mass is 566 g/mol. The van der Waals surface area contributed by atoms with Gasteiger partial charge in [0.2, 0.25) is 5.13 Å². The van der Waals surface area contributed by atoms with E-state index in [2.05, 4.69) is 72.1 Å². The number of aliphatic imine (C=N–C) groups is 1. The highest BCUT2D eigenvalue weighted by molar-refractivity contribution is 14.0. The van der Waals surface area contributed by atoms with E-state index >= 15 is 0 Å². The van der Waals surface area contributed by atoms with Crippen molar-refractivity contribution in [3.8, 4) is 0 Å². The Kier molecular flexibility index (Phi) is 9.27. The molecule has 1 fully saturated rings. The molecule has 1 N–H and O–H groups in total. The van der Waals surface area contributed by atoms with Crippen LogP contribution < -0.4 is 10.2 Å². The Morgan fingerprint density at radius 1 is 1.16 bits per heavy atom. The van der Waals surface area contributed by atoms with E-state index in [9.17, 15) is 0 Å². The van der Waals surface area contributed by atoms with Gasteiger partial charge in [-0.25, -0.2) is 15.0 Å². The predicted octanol–water partition coefficient (Wildman–Crippen LogP) is 3.25. The number of halogens is 1. The first-order valence-electron chi connectivity index (χ1n) is 10.9. The van der Waals surface area contributed by atoms with Gasteiger partial charge >= 0.3 is 0 Å². The molecule has 0 saturated carbocycles. The van der Waals surface area contributed by atoms with E-state index < -0.39 is 0 Å². The molecule has 1 saturated heterocycles. The molecule has 0 amide bonds. The molecule has 0 unspecified atom stereocenters. The lowest BCUT2D eigenvalue weighted by Crippen LogP contribution is -2.52. The maximum Gasteiger partial charge on any atom is 0.205 e. The van der Waals surface area contributed by atoms with E-state index in [-0.39, 0.29) is 24.0 Å². The molecule has 0 aliphatic carbocycles. The molecule has 1 aliphatic rings. The van der Waals surface area contributed by atoms with Crippen molar-refractivity contribution in [3.05, 3.63) is 59.9 Å². The van der Waals surface area contributed by atoms with Crippen LogP contribution in [0.5, 0.6) is 0 Å². The highest BCUT2D eigenvalue weighted by Gasteiger charge is 2.22. The maximum absolute atomic E-state index is 4.93. The fourth-order valence-electron chi connectivity index (χ4n) is 3.64. The number of benzene rings is 1. The third-order valence-electron chi connectivity index (χ3n) is 5.29. The zero-order valence-corrected chi connectivity index (χ0v) is 21.8. The molecule has 3 heterocycles. The normalized spacial score (nSPS) is 14.4. The van der Waals surface area contributed by atoms with Crippen molar-refractivity contribution in [1.29, 1.82) is 0 Å². The number of hydrogen-bond acceptors (Lipinski definition) is 6. The van der Waals surface area contributed by atoms with Gasteiger partial charge < -0.3 is 19.7 Å². The van der Waals surface area contributed by atoms with Crippen LogP contribution in [0.2, 0.25) is 0 Å². The zero-order valence-electron chi connectivity index (χ0n) is 18.6. The van der Waals surface area contributed by atoms with Gasteiger partial charge in [0.25, 0.3) is 0 Å².